The molecule has 1 N–H and O–H groups in total. The van der Waals surface area contributed by atoms with Crippen LogP contribution in [0.1, 0.15) is 37.7 Å². The third kappa shape index (κ3) is 6.49. The molecule has 2 amide bonds. The summed E-state index contributed by atoms with van der Waals surface area (Å²) in [4.78, 5) is 48.2. The molecule has 10 heteroatoms. The van der Waals surface area contributed by atoms with E-state index < -0.39 is 41.6 Å². The molecule has 4 saturated heterocycles. The molecule has 0 radical (unpaired) electrons. The van der Waals surface area contributed by atoms with E-state index in [0.29, 0.717) is 58.5 Å². The van der Waals surface area contributed by atoms with Gasteiger partial charge in [-0.2, -0.15) is 0 Å². The molecule has 1 aromatic carbocycles. The summed E-state index contributed by atoms with van der Waals surface area (Å²) in [5.74, 6) is -2.63. The third-order valence-corrected chi connectivity index (χ3v) is 9.66. The van der Waals surface area contributed by atoms with E-state index in [1.165, 1.54) is 0 Å². The number of fused-ring (bicyclic) bond motifs is 1. The van der Waals surface area contributed by atoms with Crippen LogP contribution in [0.5, 0.6) is 0 Å². The van der Waals surface area contributed by atoms with Crippen LogP contribution in [0.2, 0.25) is 0 Å². The number of nitrogens with zero attached hydrogens (tertiary/aromatic N) is 3. The van der Waals surface area contributed by atoms with Gasteiger partial charge in [0.1, 0.15) is 11.6 Å². The Labute approximate surface area is 260 Å². The van der Waals surface area contributed by atoms with Crippen LogP contribution in [0.3, 0.4) is 0 Å². The lowest BCUT2D eigenvalue weighted by molar-refractivity contribution is -0.156. The zero-order chi connectivity index (χ0) is 31.1. The number of hydrogen-bond donors (Lipinski definition) is 1. The predicted molar refractivity (Wildman–Crippen MR) is 165 cm³/mol. The molecule has 4 fully saturated rings. The molecule has 2 bridgehead atoms. The summed E-state index contributed by atoms with van der Waals surface area (Å²) < 4.78 is 17.8. The van der Waals surface area contributed by atoms with Crippen LogP contribution in [0.4, 0.5) is 0 Å². The van der Waals surface area contributed by atoms with Crippen LogP contribution in [-0.4, -0.2) is 121 Å². The fourth-order valence-corrected chi connectivity index (χ4v) is 7.54. The largest absolute Gasteiger partial charge is 0.465 e. The number of rotatable bonds is 16. The Morgan fingerprint density at radius 3 is 2.64 bits per heavy atom. The Balaban J connectivity index is 1.44. The molecule has 2 unspecified atom stereocenters. The maximum absolute atomic E-state index is 14.7. The van der Waals surface area contributed by atoms with E-state index in [1.54, 1.807) is 15.9 Å². The van der Waals surface area contributed by atoms with Gasteiger partial charge in [-0.3, -0.25) is 19.3 Å². The van der Waals surface area contributed by atoms with Crippen LogP contribution in [0, 0.1) is 11.8 Å². The van der Waals surface area contributed by atoms with Crippen molar-refractivity contribution in [3.63, 3.8) is 0 Å². The monoisotopic (exact) mass is 609 g/mol. The maximum atomic E-state index is 14.7. The molecule has 6 atom stereocenters. The van der Waals surface area contributed by atoms with E-state index in [2.05, 4.69) is 18.1 Å². The van der Waals surface area contributed by atoms with Crippen molar-refractivity contribution in [2.24, 2.45) is 11.8 Å². The molecular formula is C34H47N3O7. The Morgan fingerprint density at radius 2 is 1.93 bits per heavy atom. The number of carbonyl (C=O) groups is 3. The summed E-state index contributed by atoms with van der Waals surface area (Å²) in [5.41, 5.74) is -0.218. The highest BCUT2D eigenvalue weighted by Gasteiger charge is 2.75. The molecule has 4 aliphatic heterocycles. The highest BCUT2D eigenvalue weighted by atomic mass is 16.6. The van der Waals surface area contributed by atoms with E-state index in [9.17, 15) is 19.5 Å². The van der Waals surface area contributed by atoms with Crippen LogP contribution in [0.25, 0.3) is 0 Å². The number of ether oxygens (including phenoxy) is 3. The second-order valence-electron chi connectivity index (χ2n) is 12.3. The van der Waals surface area contributed by atoms with Crippen LogP contribution in [-0.2, 0) is 35.0 Å². The van der Waals surface area contributed by atoms with Gasteiger partial charge in [-0.25, -0.2) is 0 Å². The number of morpholine rings is 1. The molecule has 0 aromatic heterocycles. The number of carbonyl (C=O) groups excluding carboxylic acids is 3. The van der Waals surface area contributed by atoms with Crippen LogP contribution < -0.4 is 0 Å². The summed E-state index contributed by atoms with van der Waals surface area (Å²) in [6, 6.07) is 7.99. The number of hydrogen-bond acceptors (Lipinski definition) is 8. The van der Waals surface area contributed by atoms with Gasteiger partial charge in [-0.1, -0.05) is 42.5 Å². The maximum Gasteiger partial charge on any atom is 0.312 e. The number of aliphatic hydroxyl groups is 1. The number of esters is 1. The first-order valence-corrected chi connectivity index (χ1v) is 16.1. The summed E-state index contributed by atoms with van der Waals surface area (Å²) in [6.07, 6.45) is 6.87. The Morgan fingerprint density at radius 1 is 1.16 bits per heavy atom. The Kier molecular flexibility index (Phi) is 10.9. The SMILES string of the molecule is C=CCCCCOC(=O)[C@@H]1[C@@H]2CCC3(O2)C(C(=O)N(CC=C)CCN2CCOCC2)N([C@@H](CO)Cc2ccccc2)C(=O)[C@H]13. The number of likely N-dealkylation sites (tertiary alicyclic amines) is 1. The van der Waals surface area contributed by atoms with Gasteiger partial charge < -0.3 is 29.1 Å². The van der Waals surface area contributed by atoms with Gasteiger partial charge in [0.15, 0.2) is 0 Å². The lowest BCUT2D eigenvalue weighted by Crippen LogP contribution is -2.59. The molecule has 240 valence electrons. The second-order valence-corrected chi connectivity index (χ2v) is 12.3. The summed E-state index contributed by atoms with van der Waals surface area (Å²) in [6.45, 7) is 11.9. The van der Waals surface area contributed by atoms with Crippen molar-refractivity contribution in [3.05, 3.63) is 61.2 Å². The van der Waals surface area contributed by atoms with Crippen LogP contribution >= 0.6 is 0 Å². The van der Waals surface area contributed by atoms with E-state index in [4.69, 9.17) is 14.2 Å². The van der Waals surface area contributed by atoms with Gasteiger partial charge in [0, 0.05) is 32.7 Å². The summed E-state index contributed by atoms with van der Waals surface area (Å²) in [7, 11) is 0. The number of allylic oxidation sites excluding steroid dienone is 1. The average molecular weight is 610 g/mol. The highest BCUT2D eigenvalue weighted by molar-refractivity contribution is 5.98. The molecule has 0 aliphatic carbocycles. The van der Waals surface area contributed by atoms with Crippen molar-refractivity contribution in [2.75, 3.05) is 59.2 Å². The molecule has 44 heavy (non-hydrogen) atoms. The van der Waals surface area contributed by atoms with E-state index >= 15 is 0 Å². The van der Waals surface area contributed by atoms with E-state index in [0.717, 1.165) is 31.5 Å². The number of benzene rings is 1. The minimum atomic E-state index is -1.16. The first-order chi connectivity index (χ1) is 21.4. The van der Waals surface area contributed by atoms with Crippen LogP contribution in [0.15, 0.2) is 55.6 Å². The molecule has 1 spiro atoms. The van der Waals surface area contributed by atoms with E-state index in [1.807, 2.05) is 36.4 Å². The Hall–Kier alpha value is -3.05. The van der Waals surface area contributed by atoms with Gasteiger partial charge in [0.05, 0.1) is 50.4 Å². The van der Waals surface area contributed by atoms with Gasteiger partial charge in [-0.15, -0.1) is 13.2 Å². The molecule has 0 saturated carbocycles. The number of amides is 2. The van der Waals surface area contributed by atoms with Crippen molar-refractivity contribution >= 4 is 17.8 Å². The first kappa shape index (κ1) is 32.3. The van der Waals surface area contributed by atoms with Crippen molar-refractivity contribution in [1.29, 1.82) is 0 Å². The lowest BCUT2D eigenvalue weighted by atomic mass is 9.70. The quantitative estimate of drug-likeness (QED) is 0.173. The minimum Gasteiger partial charge on any atom is -0.465 e. The van der Waals surface area contributed by atoms with Crippen molar-refractivity contribution < 1.29 is 33.7 Å². The van der Waals surface area contributed by atoms with Gasteiger partial charge >= 0.3 is 5.97 Å². The van der Waals surface area contributed by atoms with Gasteiger partial charge in [0.2, 0.25) is 11.8 Å². The van der Waals surface area contributed by atoms with Gasteiger partial charge in [-0.05, 0) is 44.1 Å². The number of unbranched alkanes of at least 4 members (excludes halogenated alkanes) is 2. The van der Waals surface area contributed by atoms with Crippen molar-refractivity contribution in [2.45, 2.75) is 62.3 Å². The topological polar surface area (TPSA) is 109 Å². The standard InChI is InChI=1S/C34H47N3O7/c1-3-5-6-10-20-43-33(41)28-27-13-14-34(44-27)29(28)31(39)37(26(24-38)23-25-11-8-7-9-12-25)30(34)32(40)36(15-4-2)17-16-35-18-21-42-22-19-35/h3-4,7-9,11-12,26-30,38H,1-2,5-6,10,13-24H2/t26-,27+,28-,29+,30?,34?/m1/s1. The lowest BCUT2D eigenvalue weighted by Gasteiger charge is -2.40. The van der Waals surface area contributed by atoms with Gasteiger partial charge in [0.25, 0.3) is 0 Å². The number of aliphatic hydroxyl groups excluding tert-OH is 1. The van der Waals surface area contributed by atoms with E-state index in [-0.39, 0.29) is 25.0 Å². The summed E-state index contributed by atoms with van der Waals surface area (Å²) >= 11 is 0. The smallest absolute Gasteiger partial charge is 0.312 e. The fraction of sp³-hybridized carbons (Fsp3) is 0.618. The molecular weight excluding hydrogens is 562 g/mol. The third-order valence-electron chi connectivity index (χ3n) is 9.66. The Bertz CT molecular complexity index is 1170. The van der Waals surface area contributed by atoms with Crippen molar-refractivity contribution in [1.82, 2.24) is 14.7 Å². The minimum absolute atomic E-state index is 0.236. The zero-order valence-electron chi connectivity index (χ0n) is 25.7. The second kappa shape index (κ2) is 14.8. The molecule has 1 aromatic rings. The predicted octanol–water partition coefficient (Wildman–Crippen LogP) is 2.21. The zero-order valence-corrected chi connectivity index (χ0v) is 25.7. The molecule has 10 nitrogen and oxygen atoms in total. The van der Waals surface area contributed by atoms with Crippen molar-refractivity contribution in [3.8, 4) is 0 Å². The molecule has 5 rings (SSSR count). The first-order valence-electron chi connectivity index (χ1n) is 16.1. The summed E-state index contributed by atoms with van der Waals surface area (Å²) in [5, 5.41) is 10.7. The fourth-order valence-electron chi connectivity index (χ4n) is 7.54. The molecule has 4 heterocycles. The normalized spacial score (nSPS) is 28.5. The highest BCUT2D eigenvalue weighted by Crippen LogP contribution is 2.59. The molecule has 4 aliphatic rings. The average Bonchev–Trinajstić information content (AvgIpc) is 3.70.